The predicted molar refractivity (Wildman–Crippen MR) is 48.2 cm³/mol. The van der Waals surface area contributed by atoms with Crippen molar-refractivity contribution in [2.75, 3.05) is 6.54 Å². The van der Waals surface area contributed by atoms with Gasteiger partial charge in [0.2, 0.25) is 0 Å². The molecule has 0 bridgehead atoms. The van der Waals surface area contributed by atoms with Gasteiger partial charge in [0.25, 0.3) is 0 Å². The SMILES string of the molecule is CCCCCN.O=P1(O)OSO1. The Morgan fingerprint density at radius 3 is 2.08 bits per heavy atom. The average Bonchev–Trinajstić information content (AvgIpc) is 1.99. The molecule has 0 aromatic rings. The number of nitrogens with two attached hydrogens (primary N) is 1. The lowest BCUT2D eigenvalue weighted by Gasteiger charge is -2.14. The zero-order valence-electron chi connectivity index (χ0n) is 6.93. The van der Waals surface area contributed by atoms with Gasteiger partial charge < -0.3 is 10.6 Å². The molecule has 0 aromatic heterocycles. The first-order valence-electron chi connectivity index (χ1n) is 3.70. The van der Waals surface area contributed by atoms with Gasteiger partial charge in [-0.25, -0.2) is 4.57 Å². The van der Waals surface area contributed by atoms with E-state index in [9.17, 15) is 4.57 Å². The summed E-state index contributed by atoms with van der Waals surface area (Å²) >= 11 is 0.531. The maximum absolute atomic E-state index is 9.76. The molecule has 1 rings (SSSR count). The second-order valence-corrected chi connectivity index (χ2v) is 4.45. The molecule has 0 aromatic carbocycles. The predicted octanol–water partition coefficient (Wildman–Crippen LogP) is 1.83. The quantitative estimate of drug-likeness (QED) is 0.424. The van der Waals surface area contributed by atoms with E-state index in [1.807, 2.05) is 0 Å². The molecule has 1 saturated heterocycles. The third-order valence-corrected chi connectivity index (χ3v) is 3.05. The van der Waals surface area contributed by atoms with Crippen LogP contribution in [0.15, 0.2) is 0 Å². The fourth-order valence-electron chi connectivity index (χ4n) is 0.477. The molecule has 74 valence electrons. The van der Waals surface area contributed by atoms with Gasteiger partial charge in [-0.2, -0.15) is 7.94 Å². The van der Waals surface area contributed by atoms with Crippen LogP contribution in [0.5, 0.6) is 0 Å². The zero-order chi connectivity index (χ0) is 9.45. The molecular formula is C5H14NO4PS. The van der Waals surface area contributed by atoms with E-state index in [1.54, 1.807) is 0 Å². The van der Waals surface area contributed by atoms with Crippen LogP contribution in [0.4, 0.5) is 0 Å². The molecule has 0 atom stereocenters. The fourth-order valence-corrected chi connectivity index (χ4v) is 1.14. The fraction of sp³-hybridized carbons (Fsp3) is 1.00. The largest absolute Gasteiger partial charge is 0.498 e. The first-order chi connectivity index (χ1) is 5.62. The summed E-state index contributed by atoms with van der Waals surface area (Å²) in [5.41, 5.74) is 5.21. The zero-order valence-corrected chi connectivity index (χ0v) is 8.64. The van der Waals surface area contributed by atoms with Gasteiger partial charge in [0.1, 0.15) is 0 Å². The van der Waals surface area contributed by atoms with E-state index < -0.39 is 7.82 Å². The van der Waals surface area contributed by atoms with E-state index in [0.717, 1.165) is 6.54 Å². The summed E-state index contributed by atoms with van der Waals surface area (Å²) in [7, 11) is -3.50. The number of rotatable bonds is 3. The van der Waals surface area contributed by atoms with Gasteiger partial charge in [-0.1, -0.05) is 19.8 Å². The molecule has 1 heterocycles. The van der Waals surface area contributed by atoms with Gasteiger partial charge in [0, 0.05) is 0 Å². The van der Waals surface area contributed by atoms with Gasteiger partial charge in [-0.05, 0) is 13.0 Å². The lowest BCUT2D eigenvalue weighted by atomic mass is 10.3. The second-order valence-electron chi connectivity index (χ2n) is 2.18. The Kier molecular flexibility index (Phi) is 7.13. The molecular weight excluding hydrogens is 201 g/mol. The monoisotopic (exact) mass is 215 g/mol. The van der Waals surface area contributed by atoms with Crippen LogP contribution in [0.2, 0.25) is 0 Å². The Balaban J connectivity index is 0.000000202. The minimum atomic E-state index is -3.50. The number of hydrogen-bond donors (Lipinski definition) is 2. The molecule has 0 radical (unpaired) electrons. The standard InChI is InChI=1S/C5H13N.HO4PS/c1-2-3-4-5-6;1-5(2)3-6-4-5/h2-6H2,1H3;(H,1,2). The molecule has 1 aliphatic rings. The first-order valence-corrected chi connectivity index (χ1v) is 5.86. The third-order valence-electron chi connectivity index (χ3n) is 1.06. The first kappa shape index (κ1) is 12.4. The van der Waals surface area contributed by atoms with Crippen molar-refractivity contribution in [1.29, 1.82) is 0 Å². The number of phosphoric acid groups is 1. The summed E-state index contributed by atoms with van der Waals surface area (Å²) in [4.78, 5) is 8.00. The number of hydrogen-bond acceptors (Lipinski definition) is 5. The lowest BCUT2D eigenvalue weighted by molar-refractivity contribution is 0.269. The molecule has 0 saturated carbocycles. The van der Waals surface area contributed by atoms with Gasteiger partial charge in [0.05, 0.1) is 0 Å². The van der Waals surface area contributed by atoms with Gasteiger partial charge >= 0.3 is 7.82 Å². The minimum absolute atomic E-state index is 0.531. The molecule has 3 N–H and O–H groups in total. The highest BCUT2D eigenvalue weighted by atomic mass is 32.2. The normalized spacial score (nSPS) is 18.9. The maximum Gasteiger partial charge on any atom is 0.498 e. The van der Waals surface area contributed by atoms with Crippen molar-refractivity contribution in [3.05, 3.63) is 0 Å². The summed E-state index contributed by atoms with van der Waals surface area (Å²) < 4.78 is 17.6. The van der Waals surface area contributed by atoms with E-state index in [4.69, 9.17) is 10.6 Å². The smallest absolute Gasteiger partial charge is 0.330 e. The van der Waals surface area contributed by atoms with E-state index in [2.05, 4.69) is 14.9 Å². The van der Waals surface area contributed by atoms with E-state index >= 15 is 0 Å². The summed E-state index contributed by atoms with van der Waals surface area (Å²) in [6.07, 6.45) is 3.75. The van der Waals surface area contributed by atoms with Crippen molar-refractivity contribution < 1.29 is 17.4 Å². The highest BCUT2D eigenvalue weighted by Gasteiger charge is 2.33. The Morgan fingerprint density at radius 2 is 2.00 bits per heavy atom. The molecule has 0 spiro atoms. The Morgan fingerprint density at radius 1 is 1.50 bits per heavy atom. The van der Waals surface area contributed by atoms with Gasteiger partial charge in [0.15, 0.2) is 12.3 Å². The van der Waals surface area contributed by atoms with Crippen LogP contribution < -0.4 is 5.73 Å². The molecule has 0 aliphatic carbocycles. The summed E-state index contributed by atoms with van der Waals surface area (Å²) in [5.74, 6) is 0. The Labute approximate surface area is 76.7 Å². The Bertz CT molecular complexity index is 144. The Hall–Kier alpha value is 0.420. The highest BCUT2D eigenvalue weighted by molar-refractivity contribution is 8.02. The van der Waals surface area contributed by atoms with Crippen molar-refractivity contribution in [1.82, 2.24) is 0 Å². The molecule has 5 nitrogen and oxygen atoms in total. The van der Waals surface area contributed by atoms with Gasteiger partial charge in [-0.15, -0.1) is 0 Å². The van der Waals surface area contributed by atoms with Crippen molar-refractivity contribution >= 4 is 20.1 Å². The van der Waals surface area contributed by atoms with Crippen LogP contribution in [0.25, 0.3) is 0 Å². The van der Waals surface area contributed by atoms with Crippen LogP contribution >= 0.6 is 20.1 Å². The molecule has 1 fully saturated rings. The molecule has 7 heteroatoms. The minimum Gasteiger partial charge on any atom is -0.330 e. The lowest BCUT2D eigenvalue weighted by Crippen LogP contribution is -1.96. The summed E-state index contributed by atoms with van der Waals surface area (Å²) in [5, 5.41) is 0. The van der Waals surface area contributed by atoms with E-state index in [-0.39, 0.29) is 0 Å². The molecule has 1 aliphatic heterocycles. The van der Waals surface area contributed by atoms with E-state index in [1.165, 1.54) is 19.3 Å². The van der Waals surface area contributed by atoms with Crippen LogP contribution in [0.1, 0.15) is 26.2 Å². The summed E-state index contributed by atoms with van der Waals surface area (Å²) in [6.45, 7) is 3.03. The van der Waals surface area contributed by atoms with Crippen LogP contribution in [-0.4, -0.2) is 11.4 Å². The third kappa shape index (κ3) is 7.09. The average molecular weight is 215 g/mol. The van der Waals surface area contributed by atoms with Crippen LogP contribution in [-0.2, 0) is 12.5 Å². The number of unbranched alkanes of at least 4 members (excludes halogenated alkanes) is 2. The topological polar surface area (TPSA) is 81.8 Å². The second kappa shape index (κ2) is 6.88. The van der Waals surface area contributed by atoms with Gasteiger partial charge in [-0.3, -0.25) is 0 Å². The van der Waals surface area contributed by atoms with Crippen LogP contribution in [0.3, 0.4) is 0 Å². The van der Waals surface area contributed by atoms with Crippen molar-refractivity contribution in [2.45, 2.75) is 26.2 Å². The van der Waals surface area contributed by atoms with Crippen LogP contribution in [0, 0.1) is 0 Å². The highest BCUT2D eigenvalue weighted by Crippen LogP contribution is 2.61. The van der Waals surface area contributed by atoms with E-state index in [0.29, 0.717) is 12.3 Å². The summed E-state index contributed by atoms with van der Waals surface area (Å²) in [6, 6.07) is 0. The van der Waals surface area contributed by atoms with Crippen molar-refractivity contribution in [2.24, 2.45) is 5.73 Å². The maximum atomic E-state index is 9.76. The molecule has 12 heavy (non-hydrogen) atoms. The molecule has 0 unspecified atom stereocenters. The molecule has 0 amide bonds. The van der Waals surface area contributed by atoms with Crippen molar-refractivity contribution in [3.63, 3.8) is 0 Å². The van der Waals surface area contributed by atoms with Crippen molar-refractivity contribution in [3.8, 4) is 0 Å².